The number of hydrogen-bond acceptors (Lipinski definition) is 3. The van der Waals surface area contributed by atoms with Crippen molar-refractivity contribution in [2.45, 2.75) is 38.9 Å². The Bertz CT molecular complexity index is 289. The molecule has 1 aliphatic carbocycles. The first kappa shape index (κ1) is 9.31. The van der Waals surface area contributed by atoms with Gasteiger partial charge in [-0.25, -0.2) is 0 Å². The Hall–Kier alpha value is -1.25. The van der Waals surface area contributed by atoms with Crippen LogP contribution in [0.3, 0.4) is 0 Å². The Kier molecular flexibility index (Phi) is 2.57. The van der Waals surface area contributed by atoms with Gasteiger partial charge in [0.1, 0.15) is 12.5 Å². The highest BCUT2D eigenvalue weighted by atomic mass is 15.5. The van der Waals surface area contributed by atoms with Crippen LogP contribution in [0.2, 0.25) is 0 Å². The summed E-state index contributed by atoms with van der Waals surface area (Å²) in [6.45, 7) is 4.36. The molecule has 0 amide bonds. The number of nitrogens with zero attached hydrogens (tertiary/aromatic N) is 2. The Morgan fingerprint density at radius 3 is 3.00 bits per heavy atom. The molecule has 3 heteroatoms. The summed E-state index contributed by atoms with van der Waals surface area (Å²) in [5, 5.41) is 4.12. The number of hydrogen-bond donors (Lipinski definition) is 1. The molecule has 3 nitrogen and oxygen atoms in total. The predicted octanol–water partition coefficient (Wildman–Crippen LogP) is 1.85. The Labute approximate surface area is 85.2 Å². The van der Waals surface area contributed by atoms with Crippen LogP contribution in [0.5, 0.6) is 0 Å². The van der Waals surface area contributed by atoms with Crippen molar-refractivity contribution in [2.24, 2.45) is 5.10 Å². The smallest absolute Gasteiger partial charge is 0.142 e. The molecule has 76 valence electrons. The molecule has 0 bridgehead atoms. The molecular weight excluding hydrogens is 174 g/mol. The molecular formula is C11H17N3. The van der Waals surface area contributed by atoms with E-state index in [1.165, 1.54) is 12.0 Å². The molecule has 0 aromatic rings. The maximum Gasteiger partial charge on any atom is 0.142 e. The van der Waals surface area contributed by atoms with Crippen molar-refractivity contribution in [1.82, 2.24) is 10.3 Å². The van der Waals surface area contributed by atoms with E-state index in [4.69, 9.17) is 0 Å². The lowest BCUT2D eigenvalue weighted by Crippen LogP contribution is -2.42. The van der Waals surface area contributed by atoms with E-state index in [1.54, 1.807) is 0 Å². The van der Waals surface area contributed by atoms with E-state index >= 15 is 0 Å². The van der Waals surface area contributed by atoms with Gasteiger partial charge in [-0.05, 0) is 32.3 Å². The molecule has 0 radical (unpaired) electrons. The summed E-state index contributed by atoms with van der Waals surface area (Å²) in [7, 11) is 0. The first-order valence-electron chi connectivity index (χ1n) is 5.22. The van der Waals surface area contributed by atoms with Crippen molar-refractivity contribution in [3.05, 3.63) is 23.8 Å². The summed E-state index contributed by atoms with van der Waals surface area (Å²) < 4.78 is 0. The summed E-state index contributed by atoms with van der Waals surface area (Å²) >= 11 is 0. The van der Waals surface area contributed by atoms with E-state index in [1.807, 2.05) is 6.34 Å². The van der Waals surface area contributed by atoms with Gasteiger partial charge in [0.25, 0.3) is 0 Å². The van der Waals surface area contributed by atoms with Gasteiger partial charge in [0.05, 0.1) is 0 Å². The Balaban J connectivity index is 2.11. The molecule has 0 saturated carbocycles. The molecule has 2 rings (SSSR count). The monoisotopic (exact) mass is 191 g/mol. The minimum atomic E-state index is 0.242. The molecule has 0 saturated heterocycles. The van der Waals surface area contributed by atoms with Gasteiger partial charge < -0.3 is 4.90 Å². The summed E-state index contributed by atoms with van der Waals surface area (Å²) in [6.07, 6.45) is 11.2. The third kappa shape index (κ3) is 1.67. The van der Waals surface area contributed by atoms with Crippen LogP contribution < -0.4 is 5.43 Å². The lowest BCUT2D eigenvalue weighted by molar-refractivity contribution is 0.294. The summed E-state index contributed by atoms with van der Waals surface area (Å²) in [6, 6.07) is 0.481. The predicted molar refractivity (Wildman–Crippen MR) is 58.8 cm³/mol. The minimum Gasteiger partial charge on any atom is -0.333 e. The number of nitrogens with one attached hydrogen (secondary N) is 1. The van der Waals surface area contributed by atoms with Gasteiger partial charge in [0.2, 0.25) is 0 Å². The van der Waals surface area contributed by atoms with E-state index in [9.17, 15) is 0 Å². The fourth-order valence-electron chi connectivity index (χ4n) is 1.82. The zero-order valence-corrected chi connectivity index (χ0v) is 8.77. The number of allylic oxidation sites excluding steroid dienone is 2. The van der Waals surface area contributed by atoms with Gasteiger partial charge in [-0.2, -0.15) is 5.10 Å². The zero-order chi connectivity index (χ0) is 9.97. The van der Waals surface area contributed by atoms with Crippen LogP contribution in [0.15, 0.2) is 28.9 Å². The minimum absolute atomic E-state index is 0.242. The molecule has 0 spiro atoms. The second-order valence-corrected chi connectivity index (χ2v) is 4.00. The lowest BCUT2D eigenvalue weighted by atomic mass is 10.0. The van der Waals surface area contributed by atoms with E-state index in [-0.39, 0.29) is 6.17 Å². The maximum atomic E-state index is 4.12. The third-order valence-electron chi connectivity index (χ3n) is 2.62. The van der Waals surface area contributed by atoms with E-state index in [2.05, 4.69) is 47.5 Å². The fraction of sp³-hybridized carbons (Fsp3) is 0.545. The van der Waals surface area contributed by atoms with Crippen LogP contribution >= 0.6 is 0 Å². The number of rotatable bonds is 2. The van der Waals surface area contributed by atoms with Gasteiger partial charge in [0.15, 0.2) is 0 Å². The van der Waals surface area contributed by atoms with Crippen LogP contribution in [-0.4, -0.2) is 23.4 Å². The Morgan fingerprint density at radius 2 is 2.36 bits per heavy atom. The van der Waals surface area contributed by atoms with Gasteiger partial charge in [-0.1, -0.05) is 18.2 Å². The summed E-state index contributed by atoms with van der Waals surface area (Å²) in [5.41, 5.74) is 4.47. The highest BCUT2D eigenvalue weighted by molar-refractivity contribution is 5.59. The highest BCUT2D eigenvalue weighted by Crippen LogP contribution is 2.19. The average molecular weight is 191 g/mol. The molecule has 0 fully saturated rings. The van der Waals surface area contributed by atoms with Crippen molar-refractivity contribution in [1.29, 1.82) is 0 Å². The highest BCUT2D eigenvalue weighted by Gasteiger charge is 2.24. The zero-order valence-electron chi connectivity index (χ0n) is 8.77. The van der Waals surface area contributed by atoms with Crippen LogP contribution in [0, 0.1) is 0 Å². The van der Waals surface area contributed by atoms with Crippen molar-refractivity contribution in [2.75, 3.05) is 0 Å². The van der Waals surface area contributed by atoms with Crippen molar-refractivity contribution in [3.63, 3.8) is 0 Å². The van der Waals surface area contributed by atoms with Crippen LogP contribution in [0.25, 0.3) is 0 Å². The maximum absolute atomic E-state index is 4.12. The molecule has 0 aromatic carbocycles. The van der Waals surface area contributed by atoms with Crippen molar-refractivity contribution < 1.29 is 0 Å². The molecule has 1 atom stereocenters. The average Bonchev–Trinajstić information content (AvgIpc) is 2.67. The molecule has 2 aliphatic rings. The molecule has 1 N–H and O–H groups in total. The van der Waals surface area contributed by atoms with Gasteiger partial charge in [0, 0.05) is 6.04 Å². The van der Waals surface area contributed by atoms with Crippen LogP contribution in [0.4, 0.5) is 0 Å². The second-order valence-electron chi connectivity index (χ2n) is 4.00. The van der Waals surface area contributed by atoms with Gasteiger partial charge >= 0.3 is 0 Å². The second kappa shape index (κ2) is 3.86. The SMILES string of the molecule is CC(C)N1C=NNC1C1=CCCC=C1. The topological polar surface area (TPSA) is 27.6 Å². The standard InChI is InChI=1S/C11H17N3/c1-9(2)14-8-12-13-11(14)10-6-4-3-5-7-10/h4,6-9,11,13H,3,5H2,1-2H3. The first-order valence-corrected chi connectivity index (χ1v) is 5.22. The molecule has 1 aliphatic heterocycles. The molecule has 1 unspecified atom stereocenters. The van der Waals surface area contributed by atoms with Gasteiger partial charge in [-0.3, -0.25) is 5.43 Å². The van der Waals surface area contributed by atoms with Crippen molar-refractivity contribution >= 4 is 6.34 Å². The van der Waals surface area contributed by atoms with Crippen LogP contribution in [0.1, 0.15) is 26.7 Å². The summed E-state index contributed by atoms with van der Waals surface area (Å²) in [4.78, 5) is 2.24. The van der Waals surface area contributed by atoms with Crippen molar-refractivity contribution in [3.8, 4) is 0 Å². The third-order valence-corrected chi connectivity index (χ3v) is 2.62. The lowest BCUT2D eigenvalue weighted by Gasteiger charge is -2.29. The van der Waals surface area contributed by atoms with E-state index in [0.717, 1.165) is 6.42 Å². The first-order chi connectivity index (χ1) is 6.79. The molecule has 0 aromatic heterocycles. The molecule has 1 heterocycles. The number of hydrazone groups is 1. The largest absolute Gasteiger partial charge is 0.333 e. The molecule has 14 heavy (non-hydrogen) atoms. The quantitative estimate of drug-likeness (QED) is 0.721. The van der Waals surface area contributed by atoms with Crippen LogP contribution in [-0.2, 0) is 0 Å². The Morgan fingerprint density at radius 1 is 1.50 bits per heavy atom. The van der Waals surface area contributed by atoms with E-state index in [0.29, 0.717) is 6.04 Å². The van der Waals surface area contributed by atoms with E-state index < -0.39 is 0 Å². The normalized spacial score (nSPS) is 25.5. The van der Waals surface area contributed by atoms with Gasteiger partial charge in [-0.15, -0.1) is 0 Å². The fourth-order valence-corrected chi connectivity index (χ4v) is 1.82. The summed E-state index contributed by atoms with van der Waals surface area (Å²) in [5.74, 6) is 0.